The van der Waals surface area contributed by atoms with Crippen LogP contribution < -0.4 is 0 Å². The second-order valence-corrected chi connectivity index (χ2v) is 4.70. The van der Waals surface area contributed by atoms with E-state index in [1.807, 2.05) is 13.1 Å². The van der Waals surface area contributed by atoms with Crippen LogP contribution in [0.4, 0.5) is 0 Å². The van der Waals surface area contributed by atoms with E-state index in [4.69, 9.17) is 4.74 Å². The van der Waals surface area contributed by atoms with Gasteiger partial charge in [-0.25, -0.2) is 4.98 Å². The van der Waals surface area contributed by atoms with Crippen molar-refractivity contribution in [3.63, 3.8) is 0 Å². The lowest BCUT2D eigenvalue weighted by Crippen LogP contribution is -2.01. The molecule has 0 spiro atoms. The fourth-order valence-corrected chi connectivity index (χ4v) is 2.34. The average molecular weight is 213 g/mol. The Balaban J connectivity index is 2.73. The second kappa shape index (κ2) is 5.47. The van der Waals surface area contributed by atoms with E-state index in [0.717, 1.165) is 18.0 Å². The largest absolute Gasteiger partial charge is 0.371 e. The van der Waals surface area contributed by atoms with Crippen LogP contribution >= 0.6 is 11.3 Å². The maximum Gasteiger partial charge on any atom is 0.122 e. The Kier molecular flexibility index (Phi) is 4.55. The van der Waals surface area contributed by atoms with Gasteiger partial charge in [0.25, 0.3) is 0 Å². The molecule has 0 saturated carbocycles. The van der Waals surface area contributed by atoms with Crippen molar-refractivity contribution < 1.29 is 4.74 Å². The lowest BCUT2D eigenvalue weighted by molar-refractivity contribution is 0.0596. The minimum Gasteiger partial charge on any atom is -0.371 e. The first-order valence-electron chi connectivity index (χ1n) is 5.26. The summed E-state index contributed by atoms with van der Waals surface area (Å²) in [4.78, 5) is 5.77. The molecule has 1 atom stereocenters. The summed E-state index contributed by atoms with van der Waals surface area (Å²) in [5.41, 5.74) is 0. The number of nitrogens with zero attached hydrogens (tertiary/aromatic N) is 1. The molecule has 1 unspecified atom stereocenters. The summed E-state index contributed by atoms with van der Waals surface area (Å²) in [6.45, 7) is 9.31. The first-order valence-corrected chi connectivity index (χ1v) is 6.07. The van der Waals surface area contributed by atoms with E-state index in [1.165, 1.54) is 4.88 Å². The van der Waals surface area contributed by atoms with Crippen molar-refractivity contribution in [2.45, 2.75) is 46.1 Å². The third kappa shape index (κ3) is 2.79. The molecule has 0 aromatic carbocycles. The minimum absolute atomic E-state index is 0.192. The molecule has 1 aromatic heterocycles. The molecule has 0 aliphatic rings. The molecule has 14 heavy (non-hydrogen) atoms. The van der Waals surface area contributed by atoms with Crippen LogP contribution in [-0.2, 0) is 4.74 Å². The molecular weight excluding hydrogens is 194 g/mol. The van der Waals surface area contributed by atoms with E-state index in [1.54, 1.807) is 11.3 Å². The van der Waals surface area contributed by atoms with E-state index in [9.17, 15) is 0 Å². The lowest BCUT2D eigenvalue weighted by Gasteiger charge is -2.11. The molecule has 2 nitrogen and oxygen atoms in total. The zero-order valence-corrected chi connectivity index (χ0v) is 10.2. The highest BCUT2D eigenvalue weighted by molar-refractivity contribution is 7.11. The standard InChI is InChI=1S/C11H19NOS/c1-5-9(13-6-2)11-12-7-10(14-11)8(3)4/h7-9H,5-6H2,1-4H3. The van der Waals surface area contributed by atoms with Gasteiger partial charge in [-0.1, -0.05) is 20.8 Å². The minimum atomic E-state index is 0.192. The summed E-state index contributed by atoms with van der Waals surface area (Å²) in [7, 11) is 0. The van der Waals surface area contributed by atoms with Crippen LogP contribution in [0, 0.1) is 0 Å². The Labute approximate surface area is 90.3 Å². The van der Waals surface area contributed by atoms with Crippen LogP contribution in [-0.4, -0.2) is 11.6 Å². The van der Waals surface area contributed by atoms with Gasteiger partial charge < -0.3 is 4.74 Å². The monoisotopic (exact) mass is 213 g/mol. The fourth-order valence-electron chi connectivity index (χ4n) is 1.28. The highest BCUT2D eigenvalue weighted by Crippen LogP contribution is 2.29. The van der Waals surface area contributed by atoms with E-state index < -0.39 is 0 Å². The van der Waals surface area contributed by atoms with Gasteiger partial charge in [-0.2, -0.15) is 0 Å². The van der Waals surface area contributed by atoms with Crippen molar-refractivity contribution in [1.29, 1.82) is 0 Å². The molecule has 0 radical (unpaired) electrons. The van der Waals surface area contributed by atoms with Gasteiger partial charge in [0, 0.05) is 17.7 Å². The molecule has 0 amide bonds. The summed E-state index contributed by atoms with van der Waals surface area (Å²) in [5.74, 6) is 0.570. The van der Waals surface area contributed by atoms with Gasteiger partial charge >= 0.3 is 0 Å². The molecule has 0 bridgehead atoms. The quantitative estimate of drug-likeness (QED) is 0.743. The molecular formula is C11H19NOS. The summed E-state index contributed by atoms with van der Waals surface area (Å²) >= 11 is 1.78. The molecule has 1 aromatic rings. The Morgan fingerprint density at radius 3 is 2.57 bits per heavy atom. The van der Waals surface area contributed by atoms with Gasteiger partial charge in [0.15, 0.2) is 0 Å². The summed E-state index contributed by atoms with van der Waals surface area (Å²) < 4.78 is 5.62. The number of hydrogen-bond donors (Lipinski definition) is 0. The molecule has 0 aliphatic heterocycles. The number of hydrogen-bond acceptors (Lipinski definition) is 3. The van der Waals surface area contributed by atoms with Crippen LogP contribution in [0.25, 0.3) is 0 Å². The highest BCUT2D eigenvalue weighted by atomic mass is 32.1. The van der Waals surface area contributed by atoms with Crippen molar-refractivity contribution >= 4 is 11.3 Å². The first-order chi connectivity index (χ1) is 6.69. The van der Waals surface area contributed by atoms with Crippen molar-refractivity contribution in [2.75, 3.05) is 6.61 Å². The third-order valence-corrected chi connectivity index (χ3v) is 3.51. The van der Waals surface area contributed by atoms with Crippen molar-refractivity contribution in [3.8, 4) is 0 Å². The highest BCUT2D eigenvalue weighted by Gasteiger charge is 2.14. The van der Waals surface area contributed by atoms with Crippen LogP contribution in [0.5, 0.6) is 0 Å². The van der Waals surface area contributed by atoms with Crippen LogP contribution in [0.3, 0.4) is 0 Å². The van der Waals surface area contributed by atoms with Crippen molar-refractivity contribution in [1.82, 2.24) is 4.98 Å². The Bertz CT molecular complexity index is 270. The molecule has 0 saturated heterocycles. The molecule has 1 rings (SSSR count). The predicted octanol–water partition coefficient (Wildman–Crippen LogP) is 3.75. The number of thiazole rings is 1. The fraction of sp³-hybridized carbons (Fsp3) is 0.727. The van der Waals surface area contributed by atoms with E-state index in [2.05, 4.69) is 25.8 Å². The zero-order chi connectivity index (χ0) is 10.6. The SMILES string of the molecule is CCOC(CC)c1ncc(C(C)C)s1. The Morgan fingerprint density at radius 1 is 1.43 bits per heavy atom. The molecule has 0 fully saturated rings. The zero-order valence-electron chi connectivity index (χ0n) is 9.41. The summed E-state index contributed by atoms with van der Waals surface area (Å²) in [5, 5.41) is 1.12. The molecule has 3 heteroatoms. The van der Waals surface area contributed by atoms with Crippen LogP contribution in [0.1, 0.15) is 56.0 Å². The first kappa shape index (κ1) is 11.7. The van der Waals surface area contributed by atoms with Gasteiger partial charge in [0.2, 0.25) is 0 Å². The van der Waals surface area contributed by atoms with E-state index in [-0.39, 0.29) is 6.10 Å². The molecule has 0 N–H and O–H groups in total. The smallest absolute Gasteiger partial charge is 0.122 e. The average Bonchev–Trinajstić information content (AvgIpc) is 2.63. The van der Waals surface area contributed by atoms with Crippen molar-refractivity contribution in [3.05, 3.63) is 16.1 Å². The number of ether oxygens (including phenoxy) is 1. The Morgan fingerprint density at radius 2 is 2.14 bits per heavy atom. The van der Waals surface area contributed by atoms with Crippen LogP contribution in [0.2, 0.25) is 0 Å². The normalized spacial score (nSPS) is 13.5. The number of aromatic nitrogens is 1. The third-order valence-electron chi connectivity index (χ3n) is 2.12. The molecule has 0 aliphatic carbocycles. The maximum atomic E-state index is 5.62. The second-order valence-electron chi connectivity index (χ2n) is 3.61. The summed E-state index contributed by atoms with van der Waals surface area (Å²) in [6.07, 6.45) is 3.17. The van der Waals surface area contributed by atoms with Gasteiger partial charge in [-0.15, -0.1) is 11.3 Å². The van der Waals surface area contributed by atoms with Gasteiger partial charge in [-0.3, -0.25) is 0 Å². The van der Waals surface area contributed by atoms with Gasteiger partial charge in [-0.05, 0) is 19.3 Å². The molecule has 80 valence electrons. The van der Waals surface area contributed by atoms with E-state index >= 15 is 0 Å². The predicted molar refractivity (Wildman–Crippen MR) is 60.9 cm³/mol. The lowest BCUT2D eigenvalue weighted by atomic mass is 10.2. The maximum absolute atomic E-state index is 5.62. The number of rotatable bonds is 5. The van der Waals surface area contributed by atoms with Crippen molar-refractivity contribution in [2.24, 2.45) is 0 Å². The topological polar surface area (TPSA) is 22.1 Å². The van der Waals surface area contributed by atoms with Gasteiger partial charge in [0.05, 0.1) is 0 Å². The van der Waals surface area contributed by atoms with E-state index in [0.29, 0.717) is 5.92 Å². The summed E-state index contributed by atoms with van der Waals surface area (Å²) in [6, 6.07) is 0. The Hall–Kier alpha value is -0.410. The van der Waals surface area contributed by atoms with Crippen LogP contribution in [0.15, 0.2) is 6.20 Å². The van der Waals surface area contributed by atoms with Gasteiger partial charge in [0.1, 0.15) is 11.1 Å². The molecule has 1 heterocycles.